The molecule has 6 heteroatoms. The van der Waals surface area contributed by atoms with Crippen molar-refractivity contribution >= 4 is 10.9 Å². The van der Waals surface area contributed by atoms with Crippen LogP contribution >= 0.6 is 0 Å². The molecule has 0 spiro atoms. The summed E-state index contributed by atoms with van der Waals surface area (Å²) >= 11 is 0. The minimum atomic E-state index is -0.199. The summed E-state index contributed by atoms with van der Waals surface area (Å²) in [5.41, 5.74) is 2.33. The maximum absolute atomic E-state index is 12.4. The number of aromatic amines is 1. The number of benzene rings is 2. The van der Waals surface area contributed by atoms with E-state index in [0.29, 0.717) is 16.9 Å². The lowest BCUT2D eigenvalue weighted by molar-refractivity contribution is 0.415. The van der Waals surface area contributed by atoms with Crippen molar-refractivity contribution in [2.45, 2.75) is 0 Å². The van der Waals surface area contributed by atoms with Crippen molar-refractivity contribution in [2.24, 2.45) is 0 Å². The number of methoxy groups -OCH3 is 1. The molecule has 2 aromatic carbocycles. The smallest absolute Gasteiger partial charge is 0.260 e. The Morgan fingerprint density at radius 1 is 1.08 bits per heavy atom. The lowest BCUT2D eigenvalue weighted by Gasteiger charge is -2.07. The molecule has 4 aromatic rings. The Bertz CT molecular complexity index is 1070. The average molecular weight is 318 g/mol. The molecule has 6 nitrogen and oxygen atoms in total. The van der Waals surface area contributed by atoms with Crippen molar-refractivity contribution in [1.82, 2.24) is 19.7 Å². The predicted octanol–water partition coefficient (Wildman–Crippen LogP) is 2.78. The molecule has 0 saturated carbocycles. The van der Waals surface area contributed by atoms with Gasteiger partial charge in [0.05, 0.1) is 18.0 Å². The molecule has 0 aliphatic carbocycles. The SMILES string of the molecule is COc1cccc(-c2ccc3nc(-n4cccn4)[nH]c(=O)c3c2)c1. The summed E-state index contributed by atoms with van der Waals surface area (Å²) in [6.07, 6.45) is 3.37. The summed E-state index contributed by atoms with van der Waals surface area (Å²) < 4.78 is 6.78. The Kier molecular flexibility index (Phi) is 3.35. The molecule has 0 aliphatic heterocycles. The average Bonchev–Trinajstić information content (AvgIpc) is 3.16. The van der Waals surface area contributed by atoms with Gasteiger partial charge in [0.15, 0.2) is 0 Å². The molecule has 4 rings (SSSR count). The molecule has 2 aromatic heterocycles. The van der Waals surface area contributed by atoms with Crippen LogP contribution in [0.2, 0.25) is 0 Å². The summed E-state index contributed by atoms with van der Waals surface area (Å²) in [7, 11) is 1.63. The van der Waals surface area contributed by atoms with Crippen LogP contribution in [-0.4, -0.2) is 26.9 Å². The predicted molar refractivity (Wildman–Crippen MR) is 91.5 cm³/mol. The first-order chi connectivity index (χ1) is 11.7. The Morgan fingerprint density at radius 2 is 1.96 bits per heavy atom. The first-order valence-corrected chi connectivity index (χ1v) is 7.43. The van der Waals surface area contributed by atoms with E-state index < -0.39 is 0 Å². The molecule has 0 saturated heterocycles. The van der Waals surface area contributed by atoms with Gasteiger partial charge in [-0.25, -0.2) is 9.67 Å². The largest absolute Gasteiger partial charge is 0.497 e. The molecule has 0 aliphatic rings. The van der Waals surface area contributed by atoms with Gasteiger partial charge in [-0.05, 0) is 41.5 Å². The summed E-state index contributed by atoms with van der Waals surface area (Å²) in [4.78, 5) is 19.7. The van der Waals surface area contributed by atoms with Crippen LogP contribution in [0.1, 0.15) is 0 Å². The Hall–Kier alpha value is -3.41. The third-order valence-corrected chi connectivity index (χ3v) is 3.82. The Morgan fingerprint density at radius 3 is 2.75 bits per heavy atom. The van der Waals surface area contributed by atoms with E-state index in [4.69, 9.17) is 4.74 Å². The van der Waals surface area contributed by atoms with Crippen LogP contribution in [0, 0.1) is 0 Å². The second kappa shape index (κ2) is 5.66. The molecule has 0 fully saturated rings. The highest BCUT2D eigenvalue weighted by atomic mass is 16.5. The van der Waals surface area contributed by atoms with Crippen molar-refractivity contribution in [2.75, 3.05) is 7.11 Å². The maximum Gasteiger partial charge on any atom is 0.260 e. The molecular formula is C18H14N4O2. The van der Waals surface area contributed by atoms with E-state index in [9.17, 15) is 4.79 Å². The molecular weight excluding hydrogens is 304 g/mol. The van der Waals surface area contributed by atoms with Gasteiger partial charge >= 0.3 is 0 Å². The number of aromatic nitrogens is 4. The number of hydrogen-bond acceptors (Lipinski definition) is 4. The molecule has 0 atom stereocenters. The molecule has 118 valence electrons. The van der Waals surface area contributed by atoms with Crippen LogP contribution in [0.25, 0.3) is 28.0 Å². The number of hydrogen-bond donors (Lipinski definition) is 1. The topological polar surface area (TPSA) is 72.8 Å². The van der Waals surface area contributed by atoms with Crippen LogP contribution in [0.5, 0.6) is 5.75 Å². The Balaban J connectivity index is 1.85. The van der Waals surface area contributed by atoms with E-state index in [0.717, 1.165) is 16.9 Å². The second-order valence-corrected chi connectivity index (χ2v) is 5.30. The number of ether oxygens (including phenoxy) is 1. The normalized spacial score (nSPS) is 10.9. The minimum Gasteiger partial charge on any atom is -0.497 e. The van der Waals surface area contributed by atoms with Crippen LogP contribution in [0.15, 0.2) is 65.7 Å². The highest BCUT2D eigenvalue weighted by Crippen LogP contribution is 2.25. The maximum atomic E-state index is 12.4. The first kappa shape index (κ1) is 14.2. The van der Waals surface area contributed by atoms with E-state index in [-0.39, 0.29) is 5.56 Å². The fourth-order valence-corrected chi connectivity index (χ4v) is 2.61. The van der Waals surface area contributed by atoms with Gasteiger partial charge in [0, 0.05) is 12.4 Å². The molecule has 0 radical (unpaired) electrons. The standard InChI is InChI=1S/C18H14N4O2/c1-24-14-5-2-4-12(10-14)13-6-7-16-15(11-13)17(23)21-18(20-16)22-9-3-8-19-22/h2-11H,1H3,(H,20,21,23). The van der Waals surface area contributed by atoms with Crippen LogP contribution < -0.4 is 10.3 Å². The number of fused-ring (bicyclic) bond motifs is 1. The zero-order chi connectivity index (χ0) is 16.5. The van der Waals surface area contributed by atoms with Gasteiger partial charge in [0.25, 0.3) is 5.56 Å². The van der Waals surface area contributed by atoms with Gasteiger partial charge in [-0.1, -0.05) is 18.2 Å². The molecule has 0 amide bonds. The third-order valence-electron chi connectivity index (χ3n) is 3.82. The molecule has 24 heavy (non-hydrogen) atoms. The third kappa shape index (κ3) is 2.44. The van der Waals surface area contributed by atoms with Crippen molar-refractivity contribution < 1.29 is 4.74 Å². The van der Waals surface area contributed by atoms with Gasteiger partial charge in [0.1, 0.15) is 5.75 Å². The second-order valence-electron chi connectivity index (χ2n) is 5.30. The lowest BCUT2D eigenvalue weighted by Crippen LogP contribution is -2.13. The van der Waals surface area contributed by atoms with E-state index >= 15 is 0 Å². The van der Waals surface area contributed by atoms with Crippen LogP contribution in [-0.2, 0) is 0 Å². The summed E-state index contributed by atoms with van der Waals surface area (Å²) in [5.74, 6) is 1.17. The number of nitrogens with zero attached hydrogens (tertiary/aromatic N) is 3. The first-order valence-electron chi connectivity index (χ1n) is 7.43. The summed E-state index contributed by atoms with van der Waals surface area (Å²) in [5, 5.41) is 4.62. The van der Waals surface area contributed by atoms with E-state index in [2.05, 4.69) is 15.1 Å². The zero-order valence-electron chi connectivity index (χ0n) is 12.9. The van der Waals surface area contributed by atoms with Gasteiger partial charge in [-0.15, -0.1) is 0 Å². The molecule has 1 N–H and O–H groups in total. The molecule has 0 bridgehead atoms. The van der Waals surface area contributed by atoms with Crippen molar-refractivity contribution in [3.63, 3.8) is 0 Å². The number of nitrogens with one attached hydrogen (secondary N) is 1. The van der Waals surface area contributed by atoms with Gasteiger partial charge in [-0.3, -0.25) is 9.78 Å². The van der Waals surface area contributed by atoms with E-state index in [1.165, 1.54) is 4.68 Å². The molecule has 0 unspecified atom stereocenters. The quantitative estimate of drug-likeness (QED) is 0.630. The van der Waals surface area contributed by atoms with E-state index in [1.807, 2.05) is 42.5 Å². The molecule has 2 heterocycles. The lowest BCUT2D eigenvalue weighted by atomic mass is 10.0. The highest BCUT2D eigenvalue weighted by molar-refractivity contribution is 5.84. The van der Waals surface area contributed by atoms with Crippen molar-refractivity contribution in [3.8, 4) is 22.8 Å². The fourth-order valence-electron chi connectivity index (χ4n) is 2.61. The zero-order valence-corrected chi connectivity index (χ0v) is 12.9. The number of H-pyrrole nitrogens is 1. The van der Waals surface area contributed by atoms with Crippen LogP contribution in [0.4, 0.5) is 0 Å². The van der Waals surface area contributed by atoms with Crippen molar-refractivity contribution in [3.05, 3.63) is 71.3 Å². The summed E-state index contributed by atoms with van der Waals surface area (Å²) in [6.45, 7) is 0. The fraction of sp³-hybridized carbons (Fsp3) is 0.0556. The van der Waals surface area contributed by atoms with Crippen LogP contribution in [0.3, 0.4) is 0 Å². The van der Waals surface area contributed by atoms with Gasteiger partial charge in [-0.2, -0.15) is 5.10 Å². The highest BCUT2D eigenvalue weighted by Gasteiger charge is 2.08. The Labute approximate surface area is 137 Å². The van der Waals surface area contributed by atoms with Crippen molar-refractivity contribution in [1.29, 1.82) is 0 Å². The van der Waals surface area contributed by atoms with E-state index in [1.54, 1.807) is 25.6 Å². The monoisotopic (exact) mass is 318 g/mol. The van der Waals surface area contributed by atoms with Gasteiger partial charge in [0.2, 0.25) is 5.95 Å². The minimum absolute atomic E-state index is 0.199. The number of rotatable bonds is 3. The summed E-state index contributed by atoms with van der Waals surface area (Å²) in [6, 6.07) is 15.1. The van der Waals surface area contributed by atoms with Gasteiger partial charge < -0.3 is 4.74 Å².